The number of allylic oxidation sites excluding steroid dienone is 4. The Morgan fingerprint density at radius 2 is 1.00 bits per heavy atom. The van der Waals surface area contributed by atoms with Gasteiger partial charge in [0.1, 0.15) is 0 Å². The van der Waals surface area contributed by atoms with E-state index in [4.69, 9.17) is 4.74 Å². The minimum Gasteiger partial charge on any atom is -0.380 e. The predicted molar refractivity (Wildman–Crippen MR) is 159 cm³/mol. The Morgan fingerprint density at radius 1 is 0.543 bits per heavy atom. The highest BCUT2D eigenvalue weighted by Crippen LogP contribution is 2.13. The van der Waals surface area contributed by atoms with Crippen LogP contribution in [0.1, 0.15) is 155 Å². The molecule has 0 saturated heterocycles. The summed E-state index contributed by atoms with van der Waals surface area (Å²) >= 11 is 0. The molecule has 0 unspecified atom stereocenters. The Hall–Kier alpha value is -0.600. The van der Waals surface area contributed by atoms with Gasteiger partial charge in [-0.25, -0.2) is 0 Å². The number of hydrogen-bond acceptors (Lipinski definition) is 2. The van der Waals surface area contributed by atoms with Crippen LogP contribution in [0.25, 0.3) is 0 Å². The summed E-state index contributed by atoms with van der Waals surface area (Å²) in [5.74, 6) is 0. The summed E-state index contributed by atoms with van der Waals surface area (Å²) in [4.78, 5) is 2.36. The lowest BCUT2D eigenvalue weighted by Gasteiger charge is -2.24. The molecule has 0 rings (SSSR count). The lowest BCUT2D eigenvalue weighted by molar-refractivity contribution is 0.0721. The van der Waals surface area contributed by atoms with E-state index in [0.717, 1.165) is 19.6 Å². The van der Waals surface area contributed by atoms with Crippen molar-refractivity contribution in [1.82, 2.24) is 4.90 Å². The molecule has 0 aromatic carbocycles. The van der Waals surface area contributed by atoms with E-state index >= 15 is 0 Å². The summed E-state index contributed by atoms with van der Waals surface area (Å²) < 4.78 is 6.03. The first-order valence-electron chi connectivity index (χ1n) is 15.8. The zero-order valence-electron chi connectivity index (χ0n) is 24.7. The van der Waals surface area contributed by atoms with Gasteiger partial charge in [-0.3, -0.25) is 0 Å². The highest BCUT2D eigenvalue weighted by Gasteiger charge is 2.11. The highest BCUT2D eigenvalue weighted by molar-refractivity contribution is 4.92. The monoisotopic (exact) mass is 492 g/mol. The van der Waals surface area contributed by atoms with Crippen molar-refractivity contribution in [2.75, 3.05) is 27.3 Å². The third-order valence-electron chi connectivity index (χ3n) is 7.17. The molecule has 0 saturated carbocycles. The van der Waals surface area contributed by atoms with E-state index in [1.807, 2.05) is 0 Å². The van der Waals surface area contributed by atoms with E-state index in [1.54, 1.807) is 0 Å². The van der Waals surface area contributed by atoms with Crippen molar-refractivity contribution < 1.29 is 4.74 Å². The van der Waals surface area contributed by atoms with Crippen LogP contribution in [0.3, 0.4) is 0 Å². The summed E-state index contributed by atoms with van der Waals surface area (Å²) in [6, 6.07) is 0.585. The van der Waals surface area contributed by atoms with Crippen LogP contribution >= 0.6 is 0 Å². The fourth-order valence-electron chi connectivity index (χ4n) is 4.59. The predicted octanol–water partition coefficient (Wildman–Crippen LogP) is 10.7. The van der Waals surface area contributed by atoms with Gasteiger partial charge >= 0.3 is 0 Å². The Bertz CT molecular complexity index is 442. The quantitative estimate of drug-likeness (QED) is 0.0797. The second-order valence-corrected chi connectivity index (χ2v) is 10.9. The van der Waals surface area contributed by atoms with Gasteiger partial charge in [-0.2, -0.15) is 0 Å². The van der Waals surface area contributed by atoms with Gasteiger partial charge in [0.2, 0.25) is 0 Å². The molecule has 0 spiro atoms. The van der Waals surface area contributed by atoms with Gasteiger partial charge in [-0.05, 0) is 59.0 Å². The van der Waals surface area contributed by atoms with Crippen molar-refractivity contribution in [3.05, 3.63) is 24.3 Å². The maximum atomic E-state index is 6.03. The zero-order chi connectivity index (χ0) is 25.7. The fourth-order valence-corrected chi connectivity index (χ4v) is 4.59. The molecule has 0 N–H and O–H groups in total. The Kier molecular flexibility index (Phi) is 29.1. The van der Waals surface area contributed by atoms with Crippen LogP contribution in [-0.4, -0.2) is 38.3 Å². The fraction of sp³-hybridized carbons (Fsp3) is 0.879. The molecule has 0 radical (unpaired) electrons. The van der Waals surface area contributed by atoms with Gasteiger partial charge in [0, 0.05) is 12.6 Å². The van der Waals surface area contributed by atoms with Crippen LogP contribution in [0, 0.1) is 0 Å². The molecule has 0 amide bonds. The van der Waals surface area contributed by atoms with Crippen molar-refractivity contribution in [2.45, 2.75) is 161 Å². The summed E-state index contributed by atoms with van der Waals surface area (Å²) in [7, 11) is 4.42. The van der Waals surface area contributed by atoms with Gasteiger partial charge in [0.05, 0.1) is 6.61 Å². The Labute approximate surface area is 222 Å². The average Bonchev–Trinajstić information content (AvgIpc) is 2.85. The molecule has 35 heavy (non-hydrogen) atoms. The lowest BCUT2D eigenvalue weighted by atomic mass is 10.0. The Balaban J connectivity index is 3.47. The smallest absolute Gasteiger partial charge is 0.0621 e. The number of ether oxygens (including phenoxy) is 1. The normalized spacial score (nSPS) is 13.1. The van der Waals surface area contributed by atoms with Crippen molar-refractivity contribution in [3.8, 4) is 0 Å². The van der Waals surface area contributed by atoms with E-state index in [-0.39, 0.29) is 0 Å². The van der Waals surface area contributed by atoms with E-state index in [9.17, 15) is 0 Å². The average molecular weight is 492 g/mol. The van der Waals surface area contributed by atoms with E-state index in [1.165, 1.54) is 135 Å². The minimum absolute atomic E-state index is 0.585. The highest BCUT2D eigenvalue weighted by atomic mass is 16.5. The minimum atomic E-state index is 0.585. The SMILES string of the molecule is CCCCCC=CCC=CCCCCCCCCC[C@@H](COCCCCCCCCCC)N(C)C. The molecule has 0 aliphatic carbocycles. The molecule has 0 fully saturated rings. The Morgan fingerprint density at radius 3 is 1.57 bits per heavy atom. The summed E-state index contributed by atoms with van der Waals surface area (Å²) in [5, 5.41) is 0. The van der Waals surface area contributed by atoms with Gasteiger partial charge in [-0.15, -0.1) is 0 Å². The number of rotatable bonds is 28. The first-order valence-corrected chi connectivity index (χ1v) is 15.8. The summed E-state index contributed by atoms with van der Waals surface area (Å²) in [5.41, 5.74) is 0. The second kappa shape index (κ2) is 29.6. The molecule has 2 heteroatoms. The third kappa shape index (κ3) is 27.8. The molecule has 2 nitrogen and oxygen atoms in total. The topological polar surface area (TPSA) is 12.5 Å². The van der Waals surface area contributed by atoms with Crippen LogP contribution in [-0.2, 0) is 4.74 Å². The van der Waals surface area contributed by atoms with Crippen LogP contribution in [0.5, 0.6) is 0 Å². The molecule has 208 valence electrons. The van der Waals surface area contributed by atoms with Gasteiger partial charge in [-0.1, -0.05) is 134 Å². The summed E-state index contributed by atoms with van der Waals surface area (Å²) in [6.45, 7) is 6.41. The van der Waals surface area contributed by atoms with Gasteiger partial charge in [0.25, 0.3) is 0 Å². The molecule has 0 aromatic rings. The second-order valence-electron chi connectivity index (χ2n) is 10.9. The van der Waals surface area contributed by atoms with E-state index < -0.39 is 0 Å². The van der Waals surface area contributed by atoms with Crippen LogP contribution < -0.4 is 0 Å². The van der Waals surface area contributed by atoms with Crippen LogP contribution in [0.15, 0.2) is 24.3 Å². The maximum Gasteiger partial charge on any atom is 0.0621 e. The molecule has 0 heterocycles. The lowest BCUT2D eigenvalue weighted by Crippen LogP contribution is -2.32. The molecular weight excluding hydrogens is 426 g/mol. The van der Waals surface area contributed by atoms with Crippen molar-refractivity contribution >= 4 is 0 Å². The first kappa shape index (κ1) is 34.4. The molecular formula is C33H65NO. The van der Waals surface area contributed by atoms with Crippen LogP contribution in [0.2, 0.25) is 0 Å². The van der Waals surface area contributed by atoms with E-state index in [0.29, 0.717) is 6.04 Å². The third-order valence-corrected chi connectivity index (χ3v) is 7.17. The van der Waals surface area contributed by atoms with Gasteiger partial charge < -0.3 is 9.64 Å². The van der Waals surface area contributed by atoms with Crippen molar-refractivity contribution in [3.63, 3.8) is 0 Å². The molecule has 0 aromatic heterocycles. The largest absolute Gasteiger partial charge is 0.380 e. The number of likely N-dealkylation sites (N-methyl/N-ethyl adjacent to an activating group) is 1. The number of unbranched alkanes of at least 4 members (excludes halogenated alkanes) is 17. The first-order chi connectivity index (χ1) is 17.2. The van der Waals surface area contributed by atoms with Crippen molar-refractivity contribution in [1.29, 1.82) is 0 Å². The van der Waals surface area contributed by atoms with E-state index in [2.05, 4.69) is 57.1 Å². The maximum absolute atomic E-state index is 6.03. The standard InChI is InChI=1S/C33H65NO/c1-5-7-9-11-13-15-16-17-18-19-20-21-22-23-24-26-28-30-33(34(3)4)32-35-31-29-27-25-14-12-10-8-6-2/h13,15,17-18,33H,5-12,14,16,19-32H2,1-4H3/t33-/m0/s1. The van der Waals surface area contributed by atoms with Crippen LogP contribution in [0.4, 0.5) is 0 Å². The number of nitrogens with zero attached hydrogens (tertiary/aromatic N) is 1. The van der Waals surface area contributed by atoms with Crippen molar-refractivity contribution in [2.24, 2.45) is 0 Å². The molecule has 0 bridgehead atoms. The summed E-state index contributed by atoms with van der Waals surface area (Å²) in [6.07, 6.45) is 39.0. The zero-order valence-corrected chi connectivity index (χ0v) is 24.7. The number of hydrogen-bond donors (Lipinski definition) is 0. The molecule has 1 atom stereocenters. The molecule has 0 aliphatic heterocycles. The molecule has 0 aliphatic rings. The van der Waals surface area contributed by atoms with Gasteiger partial charge in [0.15, 0.2) is 0 Å².